The lowest BCUT2D eigenvalue weighted by molar-refractivity contribution is -0.137. The van der Waals surface area contributed by atoms with Crippen LogP contribution >= 0.6 is 12.6 Å². The number of benzene rings is 2. The summed E-state index contributed by atoms with van der Waals surface area (Å²) >= 11 is 4.11. The van der Waals surface area contributed by atoms with E-state index < -0.39 is 17.6 Å². The fourth-order valence-electron chi connectivity index (χ4n) is 1.59. The Hall–Kier alpha value is -1.95. The van der Waals surface area contributed by atoms with E-state index in [9.17, 15) is 18.0 Å². The Bertz CT molecular complexity index is 623. The Morgan fingerprint density at radius 2 is 1.70 bits per heavy atom. The van der Waals surface area contributed by atoms with Gasteiger partial charge >= 0.3 is 6.18 Å². The highest BCUT2D eigenvalue weighted by molar-refractivity contribution is 7.80. The number of thiol groups is 1. The van der Waals surface area contributed by atoms with Crippen LogP contribution in [0.15, 0.2) is 53.4 Å². The van der Waals surface area contributed by atoms with Gasteiger partial charge in [0.15, 0.2) is 0 Å². The van der Waals surface area contributed by atoms with Gasteiger partial charge < -0.3 is 5.32 Å². The molecule has 2 rings (SSSR count). The molecule has 0 atom stereocenters. The van der Waals surface area contributed by atoms with E-state index in [-0.39, 0.29) is 0 Å². The lowest BCUT2D eigenvalue weighted by Crippen LogP contribution is -2.12. The number of halogens is 3. The summed E-state index contributed by atoms with van der Waals surface area (Å²) in [5.74, 6) is -0.402. The highest BCUT2D eigenvalue weighted by Crippen LogP contribution is 2.29. The number of hydrogen-bond donors (Lipinski definition) is 2. The molecule has 0 aliphatic heterocycles. The smallest absolute Gasteiger partial charge is 0.322 e. The molecule has 20 heavy (non-hydrogen) atoms. The van der Waals surface area contributed by atoms with Crippen molar-refractivity contribution in [2.45, 2.75) is 11.1 Å². The predicted molar refractivity (Wildman–Crippen MR) is 73.1 cm³/mol. The summed E-state index contributed by atoms with van der Waals surface area (Å²) in [4.78, 5) is 12.5. The van der Waals surface area contributed by atoms with Crippen molar-refractivity contribution in [2.24, 2.45) is 0 Å². The van der Waals surface area contributed by atoms with Gasteiger partial charge in [-0.15, -0.1) is 12.6 Å². The summed E-state index contributed by atoms with van der Waals surface area (Å²) < 4.78 is 37.2. The second-order valence-electron chi connectivity index (χ2n) is 4.08. The molecule has 0 unspecified atom stereocenters. The molecule has 104 valence electrons. The van der Waals surface area contributed by atoms with E-state index in [0.717, 1.165) is 12.1 Å². The standard InChI is InChI=1S/C14H10F3NOS/c15-14(16,17)10-4-6-11(7-5-10)18-13(19)9-2-1-3-12(20)8-9/h1-8,20H,(H,18,19). The first kappa shape index (κ1) is 14.5. The Labute approximate surface area is 119 Å². The van der Waals surface area contributed by atoms with E-state index in [1.54, 1.807) is 24.3 Å². The van der Waals surface area contributed by atoms with Crippen LogP contribution in [0.25, 0.3) is 0 Å². The van der Waals surface area contributed by atoms with Gasteiger partial charge in [-0.1, -0.05) is 6.07 Å². The third-order valence-corrected chi connectivity index (χ3v) is 2.86. The molecule has 2 aromatic carbocycles. The number of amides is 1. The van der Waals surface area contributed by atoms with Crippen LogP contribution in [-0.4, -0.2) is 5.91 Å². The molecule has 0 bridgehead atoms. The van der Waals surface area contributed by atoms with E-state index in [4.69, 9.17) is 0 Å². The first-order valence-electron chi connectivity index (χ1n) is 5.64. The third-order valence-electron chi connectivity index (χ3n) is 2.58. The van der Waals surface area contributed by atoms with Crippen molar-refractivity contribution in [1.29, 1.82) is 0 Å². The molecule has 0 aromatic heterocycles. The molecule has 6 heteroatoms. The minimum atomic E-state index is -4.39. The molecule has 0 fully saturated rings. The average Bonchev–Trinajstić information content (AvgIpc) is 2.38. The number of carbonyl (C=O) groups excluding carboxylic acids is 1. The highest BCUT2D eigenvalue weighted by Gasteiger charge is 2.29. The number of nitrogens with one attached hydrogen (secondary N) is 1. The molecule has 0 heterocycles. The molecule has 0 spiro atoms. The minimum Gasteiger partial charge on any atom is -0.322 e. The Morgan fingerprint density at radius 3 is 2.25 bits per heavy atom. The van der Waals surface area contributed by atoms with Gasteiger partial charge in [-0.25, -0.2) is 0 Å². The summed E-state index contributed by atoms with van der Waals surface area (Å²) in [6.07, 6.45) is -4.39. The number of hydrogen-bond acceptors (Lipinski definition) is 2. The van der Waals surface area contributed by atoms with Gasteiger partial charge in [0.05, 0.1) is 5.56 Å². The Kier molecular flexibility index (Phi) is 4.04. The SMILES string of the molecule is O=C(Nc1ccc(C(F)(F)F)cc1)c1cccc(S)c1. The monoisotopic (exact) mass is 297 g/mol. The third kappa shape index (κ3) is 3.54. The van der Waals surface area contributed by atoms with Crippen molar-refractivity contribution in [1.82, 2.24) is 0 Å². The van der Waals surface area contributed by atoms with Gasteiger partial charge in [-0.2, -0.15) is 13.2 Å². The number of anilines is 1. The van der Waals surface area contributed by atoms with Crippen LogP contribution in [0.4, 0.5) is 18.9 Å². The maximum Gasteiger partial charge on any atom is 0.416 e. The maximum atomic E-state index is 12.4. The molecular formula is C14H10F3NOS. The van der Waals surface area contributed by atoms with Crippen LogP contribution in [0, 0.1) is 0 Å². The van der Waals surface area contributed by atoms with Crippen molar-refractivity contribution in [3.8, 4) is 0 Å². The van der Waals surface area contributed by atoms with Crippen LogP contribution in [0.1, 0.15) is 15.9 Å². The van der Waals surface area contributed by atoms with Crippen LogP contribution in [-0.2, 0) is 6.18 Å². The number of rotatable bonds is 2. The van der Waals surface area contributed by atoms with Gasteiger partial charge in [0.25, 0.3) is 5.91 Å². The largest absolute Gasteiger partial charge is 0.416 e. The average molecular weight is 297 g/mol. The second kappa shape index (κ2) is 5.58. The number of alkyl halides is 3. The number of carbonyl (C=O) groups is 1. The van der Waals surface area contributed by atoms with Crippen molar-refractivity contribution >= 4 is 24.2 Å². The summed E-state index contributed by atoms with van der Waals surface area (Å²) in [5, 5.41) is 2.52. The summed E-state index contributed by atoms with van der Waals surface area (Å²) in [5.41, 5.74) is -0.0715. The lowest BCUT2D eigenvalue weighted by Gasteiger charge is -2.09. The zero-order valence-corrected chi connectivity index (χ0v) is 11.0. The summed E-state index contributed by atoms with van der Waals surface area (Å²) in [7, 11) is 0. The second-order valence-corrected chi connectivity index (χ2v) is 4.60. The zero-order valence-electron chi connectivity index (χ0n) is 10.1. The Balaban J connectivity index is 2.12. The van der Waals surface area contributed by atoms with Crippen molar-refractivity contribution in [3.63, 3.8) is 0 Å². The summed E-state index contributed by atoms with van der Waals surface area (Å²) in [6, 6.07) is 10.8. The molecule has 2 nitrogen and oxygen atoms in total. The summed E-state index contributed by atoms with van der Waals surface area (Å²) in [6.45, 7) is 0. The molecular weight excluding hydrogens is 287 g/mol. The van der Waals surface area contributed by atoms with Crippen LogP contribution < -0.4 is 5.32 Å². The lowest BCUT2D eigenvalue weighted by atomic mass is 10.2. The molecule has 0 saturated carbocycles. The van der Waals surface area contributed by atoms with E-state index in [1.165, 1.54) is 12.1 Å². The molecule has 2 aromatic rings. The molecule has 0 saturated heterocycles. The quantitative estimate of drug-likeness (QED) is 0.797. The van der Waals surface area contributed by atoms with Crippen molar-refractivity contribution < 1.29 is 18.0 Å². The molecule has 1 amide bonds. The minimum absolute atomic E-state index is 0.299. The van der Waals surface area contributed by atoms with Gasteiger partial charge in [0.1, 0.15) is 0 Å². The fraction of sp³-hybridized carbons (Fsp3) is 0.0714. The fourth-order valence-corrected chi connectivity index (χ4v) is 1.82. The molecule has 0 radical (unpaired) electrons. The van der Waals surface area contributed by atoms with Gasteiger partial charge in [0, 0.05) is 16.1 Å². The molecule has 1 N–H and O–H groups in total. The highest BCUT2D eigenvalue weighted by atomic mass is 32.1. The van der Waals surface area contributed by atoms with E-state index >= 15 is 0 Å². The van der Waals surface area contributed by atoms with Crippen LogP contribution in [0.5, 0.6) is 0 Å². The van der Waals surface area contributed by atoms with Crippen molar-refractivity contribution in [3.05, 3.63) is 59.7 Å². The zero-order chi connectivity index (χ0) is 14.8. The van der Waals surface area contributed by atoms with Crippen LogP contribution in [0.3, 0.4) is 0 Å². The van der Waals surface area contributed by atoms with Crippen LogP contribution in [0.2, 0.25) is 0 Å². The van der Waals surface area contributed by atoms with E-state index in [2.05, 4.69) is 17.9 Å². The first-order chi connectivity index (χ1) is 9.36. The van der Waals surface area contributed by atoms with Gasteiger partial charge in [-0.3, -0.25) is 4.79 Å². The van der Waals surface area contributed by atoms with Gasteiger partial charge in [-0.05, 0) is 42.5 Å². The molecule has 0 aliphatic carbocycles. The van der Waals surface area contributed by atoms with E-state index in [0.29, 0.717) is 16.1 Å². The maximum absolute atomic E-state index is 12.4. The normalized spacial score (nSPS) is 11.2. The Morgan fingerprint density at radius 1 is 1.05 bits per heavy atom. The predicted octanol–water partition coefficient (Wildman–Crippen LogP) is 4.25. The topological polar surface area (TPSA) is 29.1 Å². The van der Waals surface area contributed by atoms with Crippen molar-refractivity contribution in [2.75, 3.05) is 5.32 Å². The van der Waals surface area contributed by atoms with Gasteiger partial charge in [0.2, 0.25) is 0 Å². The first-order valence-corrected chi connectivity index (χ1v) is 6.08. The molecule has 0 aliphatic rings. The van der Waals surface area contributed by atoms with E-state index in [1.807, 2.05) is 0 Å².